The fraction of sp³-hybridized carbons (Fsp3) is 0.333. The van der Waals surface area contributed by atoms with E-state index < -0.39 is 0 Å². The molecule has 0 bridgehead atoms. The van der Waals surface area contributed by atoms with Crippen molar-refractivity contribution >= 4 is 5.71 Å². The molecule has 0 unspecified atom stereocenters. The van der Waals surface area contributed by atoms with Gasteiger partial charge in [0.1, 0.15) is 0 Å². The molecular formula is C9H13N3. The van der Waals surface area contributed by atoms with Crippen molar-refractivity contribution in [3.63, 3.8) is 0 Å². The Bertz CT molecular complexity index is 343. The molecule has 0 saturated carbocycles. The number of nitrogens with zero attached hydrogens (tertiary/aromatic N) is 3. The molecule has 0 N–H and O–H groups in total. The molecule has 0 amide bonds. The number of hydrogen-bond donors (Lipinski definition) is 0. The number of rotatable bonds is 1. The molecule has 0 saturated heterocycles. The van der Waals surface area contributed by atoms with Crippen molar-refractivity contribution in [2.24, 2.45) is 17.3 Å². The van der Waals surface area contributed by atoms with E-state index >= 15 is 0 Å². The molecule has 1 aromatic rings. The molecule has 0 aliphatic heterocycles. The maximum atomic E-state index is 4.06. The minimum Gasteiger partial charge on any atom is -0.335 e. The second-order valence-corrected chi connectivity index (χ2v) is 2.82. The molecule has 3 heteroatoms. The predicted octanol–water partition coefficient (Wildman–Crippen LogP) is 1.32. The van der Waals surface area contributed by atoms with Gasteiger partial charge in [0.2, 0.25) is 0 Å². The van der Waals surface area contributed by atoms with Gasteiger partial charge in [-0.05, 0) is 26.0 Å². The summed E-state index contributed by atoms with van der Waals surface area (Å²) < 4.78 is 1.92. The summed E-state index contributed by atoms with van der Waals surface area (Å²) in [5.41, 5.74) is 1.82. The van der Waals surface area contributed by atoms with E-state index in [0.29, 0.717) is 0 Å². The maximum Gasteiger partial charge on any atom is 0.154 e. The molecular weight excluding hydrogens is 150 g/mol. The first-order valence-corrected chi connectivity index (χ1v) is 3.86. The van der Waals surface area contributed by atoms with Crippen LogP contribution in [-0.4, -0.2) is 10.3 Å². The molecule has 0 aromatic carbocycles. The van der Waals surface area contributed by atoms with Gasteiger partial charge < -0.3 is 4.57 Å². The zero-order chi connectivity index (χ0) is 8.97. The monoisotopic (exact) mass is 163 g/mol. The number of aromatic nitrogens is 1. The molecule has 0 spiro atoms. The van der Waals surface area contributed by atoms with Gasteiger partial charge in [-0.2, -0.15) is 5.10 Å². The molecule has 3 nitrogen and oxygen atoms in total. The molecule has 0 radical (unpaired) electrons. The summed E-state index contributed by atoms with van der Waals surface area (Å²) in [5, 5.41) is 8.03. The second kappa shape index (κ2) is 3.85. The fourth-order valence-corrected chi connectivity index (χ4v) is 0.769. The topological polar surface area (TPSA) is 29.6 Å². The van der Waals surface area contributed by atoms with Crippen molar-refractivity contribution < 1.29 is 0 Å². The SMILES string of the molecule is CC(C)=NN=c1ccccn1C. The van der Waals surface area contributed by atoms with Gasteiger partial charge in [-0.3, -0.25) is 0 Å². The van der Waals surface area contributed by atoms with Crippen molar-refractivity contribution in [1.29, 1.82) is 0 Å². The largest absolute Gasteiger partial charge is 0.335 e. The molecule has 1 rings (SSSR count). The first-order chi connectivity index (χ1) is 5.70. The highest BCUT2D eigenvalue weighted by molar-refractivity contribution is 5.78. The lowest BCUT2D eigenvalue weighted by atomic mass is 10.5. The quantitative estimate of drug-likeness (QED) is 0.441. The first kappa shape index (κ1) is 8.71. The van der Waals surface area contributed by atoms with Gasteiger partial charge in [-0.15, -0.1) is 5.10 Å². The zero-order valence-electron chi connectivity index (χ0n) is 7.65. The van der Waals surface area contributed by atoms with Gasteiger partial charge in [0.05, 0.1) is 0 Å². The first-order valence-electron chi connectivity index (χ1n) is 3.86. The third-order valence-electron chi connectivity index (χ3n) is 1.38. The predicted molar refractivity (Wildman–Crippen MR) is 49.8 cm³/mol. The van der Waals surface area contributed by atoms with Crippen LogP contribution in [0, 0.1) is 0 Å². The summed E-state index contributed by atoms with van der Waals surface area (Å²) in [6.07, 6.45) is 1.94. The lowest BCUT2D eigenvalue weighted by Crippen LogP contribution is -2.15. The van der Waals surface area contributed by atoms with Crippen LogP contribution in [0.15, 0.2) is 34.6 Å². The lowest BCUT2D eigenvalue weighted by Gasteiger charge is -1.95. The minimum atomic E-state index is 0.860. The van der Waals surface area contributed by atoms with E-state index in [2.05, 4.69) is 10.2 Å². The Hall–Kier alpha value is -1.38. The molecule has 0 atom stereocenters. The van der Waals surface area contributed by atoms with Crippen molar-refractivity contribution in [3.8, 4) is 0 Å². The van der Waals surface area contributed by atoms with Crippen LogP contribution >= 0.6 is 0 Å². The molecule has 0 aliphatic carbocycles. The summed E-state index contributed by atoms with van der Waals surface area (Å²) in [7, 11) is 1.94. The van der Waals surface area contributed by atoms with Crippen LogP contribution in [0.4, 0.5) is 0 Å². The van der Waals surface area contributed by atoms with Crippen LogP contribution in [-0.2, 0) is 7.05 Å². The van der Waals surface area contributed by atoms with Gasteiger partial charge in [-0.25, -0.2) is 0 Å². The van der Waals surface area contributed by atoms with Crippen molar-refractivity contribution in [1.82, 2.24) is 4.57 Å². The standard InChI is InChI=1S/C9H13N3/c1-8(2)10-11-9-6-4-5-7-12(9)3/h4-7H,1-3H3. The van der Waals surface area contributed by atoms with Crippen molar-refractivity contribution in [2.75, 3.05) is 0 Å². The maximum absolute atomic E-state index is 4.06. The second-order valence-electron chi connectivity index (χ2n) is 2.82. The van der Waals surface area contributed by atoms with Gasteiger partial charge in [0.15, 0.2) is 5.49 Å². The smallest absolute Gasteiger partial charge is 0.154 e. The van der Waals surface area contributed by atoms with E-state index in [9.17, 15) is 0 Å². The third-order valence-corrected chi connectivity index (χ3v) is 1.38. The summed E-state index contributed by atoms with van der Waals surface area (Å²) in [4.78, 5) is 0. The fourth-order valence-electron chi connectivity index (χ4n) is 0.769. The molecule has 1 aromatic heterocycles. The van der Waals surface area contributed by atoms with Gasteiger partial charge in [0, 0.05) is 19.0 Å². The third kappa shape index (κ3) is 2.34. The van der Waals surface area contributed by atoms with E-state index in [1.807, 2.05) is 49.9 Å². The number of pyridine rings is 1. The minimum absolute atomic E-state index is 0.860. The highest BCUT2D eigenvalue weighted by Gasteiger charge is 1.82. The summed E-state index contributed by atoms with van der Waals surface area (Å²) in [6, 6.07) is 5.83. The van der Waals surface area contributed by atoms with Crippen molar-refractivity contribution in [2.45, 2.75) is 13.8 Å². The van der Waals surface area contributed by atoms with Crippen LogP contribution in [0.25, 0.3) is 0 Å². The summed E-state index contributed by atoms with van der Waals surface area (Å²) in [5.74, 6) is 0. The lowest BCUT2D eigenvalue weighted by molar-refractivity contribution is 0.815. The van der Waals surface area contributed by atoms with Crippen LogP contribution in [0.3, 0.4) is 0 Å². The Morgan fingerprint density at radius 3 is 2.67 bits per heavy atom. The molecule has 12 heavy (non-hydrogen) atoms. The van der Waals surface area contributed by atoms with E-state index in [1.165, 1.54) is 0 Å². The van der Waals surface area contributed by atoms with Crippen LogP contribution in [0.2, 0.25) is 0 Å². The Balaban J connectivity index is 3.11. The van der Waals surface area contributed by atoms with Gasteiger partial charge in [-0.1, -0.05) is 6.07 Å². The number of hydrogen-bond acceptors (Lipinski definition) is 2. The summed E-state index contributed by atoms with van der Waals surface area (Å²) in [6.45, 7) is 3.85. The van der Waals surface area contributed by atoms with Gasteiger partial charge in [0.25, 0.3) is 0 Å². The van der Waals surface area contributed by atoms with Crippen molar-refractivity contribution in [3.05, 3.63) is 29.9 Å². The van der Waals surface area contributed by atoms with Crippen LogP contribution in [0.1, 0.15) is 13.8 Å². The Morgan fingerprint density at radius 2 is 2.08 bits per heavy atom. The van der Waals surface area contributed by atoms with E-state index in [1.54, 1.807) is 0 Å². The summed E-state index contributed by atoms with van der Waals surface area (Å²) >= 11 is 0. The van der Waals surface area contributed by atoms with E-state index in [-0.39, 0.29) is 0 Å². The highest BCUT2D eigenvalue weighted by atomic mass is 15.2. The Kier molecular flexibility index (Phi) is 2.80. The molecule has 0 aliphatic rings. The van der Waals surface area contributed by atoms with Gasteiger partial charge >= 0.3 is 0 Å². The molecule has 1 heterocycles. The normalized spacial score (nSPS) is 11.4. The molecule has 64 valence electrons. The van der Waals surface area contributed by atoms with E-state index in [0.717, 1.165) is 11.2 Å². The molecule has 0 fully saturated rings. The number of aryl methyl sites for hydroxylation is 1. The van der Waals surface area contributed by atoms with E-state index in [4.69, 9.17) is 0 Å². The zero-order valence-corrected chi connectivity index (χ0v) is 7.65. The average Bonchev–Trinajstić information content (AvgIpc) is 2.03. The van der Waals surface area contributed by atoms with Crippen LogP contribution < -0.4 is 5.49 Å². The Labute approximate surface area is 72.1 Å². The van der Waals surface area contributed by atoms with Crippen LogP contribution in [0.5, 0.6) is 0 Å². The average molecular weight is 163 g/mol. The Morgan fingerprint density at radius 1 is 1.33 bits per heavy atom. The highest BCUT2D eigenvalue weighted by Crippen LogP contribution is 1.79.